The molecule has 120 valence electrons. The molecule has 0 amide bonds. The Bertz CT molecular complexity index is 660. The van der Waals surface area contributed by atoms with E-state index in [1.807, 2.05) is 25.1 Å². The van der Waals surface area contributed by atoms with Crippen LogP contribution >= 0.6 is 0 Å². The van der Waals surface area contributed by atoms with Crippen LogP contribution in [0.2, 0.25) is 0 Å². The van der Waals surface area contributed by atoms with Crippen LogP contribution in [0.1, 0.15) is 30.0 Å². The maximum absolute atomic E-state index is 13.1. The molecule has 0 radical (unpaired) electrons. The highest BCUT2D eigenvalue weighted by Gasteiger charge is 2.17. The van der Waals surface area contributed by atoms with Crippen LogP contribution in [0.3, 0.4) is 0 Å². The first kappa shape index (κ1) is 17.1. The summed E-state index contributed by atoms with van der Waals surface area (Å²) in [5, 5.41) is 18.7. The van der Waals surface area contributed by atoms with Crippen LogP contribution < -0.4 is 0 Å². The van der Waals surface area contributed by atoms with Gasteiger partial charge in [-0.3, -0.25) is 4.90 Å². The van der Waals surface area contributed by atoms with Crippen molar-refractivity contribution in [2.75, 3.05) is 6.61 Å². The van der Waals surface area contributed by atoms with Crippen molar-refractivity contribution in [3.8, 4) is 6.07 Å². The molecule has 3 nitrogen and oxygen atoms in total. The molecular formula is C19H21FN2O. The molecule has 23 heavy (non-hydrogen) atoms. The van der Waals surface area contributed by atoms with Gasteiger partial charge in [0.2, 0.25) is 0 Å². The maximum atomic E-state index is 13.1. The topological polar surface area (TPSA) is 47.3 Å². The monoisotopic (exact) mass is 312 g/mol. The quantitative estimate of drug-likeness (QED) is 0.851. The van der Waals surface area contributed by atoms with E-state index in [9.17, 15) is 9.50 Å². The largest absolute Gasteiger partial charge is 0.395 e. The van der Waals surface area contributed by atoms with Crippen molar-refractivity contribution in [3.05, 3.63) is 71.0 Å². The molecule has 0 saturated carbocycles. The molecule has 0 heterocycles. The molecule has 0 aromatic heterocycles. The molecule has 0 aliphatic heterocycles. The SMILES string of the molecule is CC[C@@H](CO)N(Cc1ccc(F)cc1)Cc1cccc(C#N)c1. The Labute approximate surface area is 136 Å². The molecule has 0 saturated heterocycles. The second-order valence-corrected chi connectivity index (χ2v) is 5.59. The van der Waals surface area contributed by atoms with Crippen LogP contribution in [-0.4, -0.2) is 22.7 Å². The molecule has 4 heteroatoms. The fourth-order valence-corrected chi connectivity index (χ4v) is 2.61. The summed E-state index contributed by atoms with van der Waals surface area (Å²) in [6.07, 6.45) is 0.815. The van der Waals surface area contributed by atoms with Gasteiger partial charge in [-0.05, 0) is 41.8 Å². The van der Waals surface area contributed by atoms with Crippen LogP contribution in [0.25, 0.3) is 0 Å². The van der Waals surface area contributed by atoms with Crippen LogP contribution in [0.5, 0.6) is 0 Å². The summed E-state index contributed by atoms with van der Waals surface area (Å²) < 4.78 is 13.1. The third kappa shape index (κ3) is 4.88. The zero-order chi connectivity index (χ0) is 16.7. The molecule has 2 aromatic rings. The van der Waals surface area contributed by atoms with E-state index in [0.29, 0.717) is 18.7 Å². The van der Waals surface area contributed by atoms with Gasteiger partial charge in [0.25, 0.3) is 0 Å². The van der Waals surface area contributed by atoms with Crippen molar-refractivity contribution in [1.29, 1.82) is 5.26 Å². The molecule has 0 aliphatic carbocycles. The van der Waals surface area contributed by atoms with Gasteiger partial charge < -0.3 is 5.11 Å². The van der Waals surface area contributed by atoms with Gasteiger partial charge in [-0.25, -0.2) is 4.39 Å². The average Bonchev–Trinajstić information content (AvgIpc) is 2.58. The molecule has 0 aliphatic rings. The molecular weight excluding hydrogens is 291 g/mol. The van der Waals surface area contributed by atoms with Gasteiger partial charge in [0, 0.05) is 19.1 Å². The normalized spacial score (nSPS) is 12.1. The summed E-state index contributed by atoms with van der Waals surface area (Å²) in [6, 6.07) is 16.1. The molecule has 0 unspecified atom stereocenters. The minimum Gasteiger partial charge on any atom is -0.395 e. The van der Waals surface area contributed by atoms with Gasteiger partial charge in [0.1, 0.15) is 5.82 Å². The number of hydrogen-bond acceptors (Lipinski definition) is 3. The Balaban J connectivity index is 2.19. The zero-order valence-corrected chi connectivity index (χ0v) is 13.2. The van der Waals surface area contributed by atoms with E-state index in [1.165, 1.54) is 12.1 Å². The third-order valence-corrected chi connectivity index (χ3v) is 3.94. The van der Waals surface area contributed by atoms with Crippen molar-refractivity contribution in [1.82, 2.24) is 4.90 Å². The minimum atomic E-state index is -0.253. The Hall–Kier alpha value is -2.22. The van der Waals surface area contributed by atoms with Crippen molar-refractivity contribution in [2.24, 2.45) is 0 Å². The standard InChI is InChI=1S/C19H21FN2O/c1-2-19(14-23)22(12-15-6-8-18(20)9-7-15)13-17-5-3-4-16(10-17)11-21/h3-10,19,23H,2,12-14H2,1H3/t19-/m0/s1. The number of nitrogens with zero attached hydrogens (tertiary/aromatic N) is 2. The van der Waals surface area contributed by atoms with Crippen LogP contribution in [0.4, 0.5) is 4.39 Å². The predicted molar refractivity (Wildman–Crippen MR) is 88.0 cm³/mol. The van der Waals surface area contributed by atoms with E-state index in [2.05, 4.69) is 11.0 Å². The fraction of sp³-hybridized carbons (Fsp3) is 0.316. The minimum absolute atomic E-state index is 0.0193. The van der Waals surface area contributed by atoms with Crippen molar-refractivity contribution < 1.29 is 9.50 Å². The smallest absolute Gasteiger partial charge is 0.123 e. The van der Waals surface area contributed by atoms with Crippen molar-refractivity contribution >= 4 is 0 Å². The highest BCUT2D eigenvalue weighted by Crippen LogP contribution is 2.16. The molecule has 1 atom stereocenters. The first-order valence-electron chi connectivity index (χ1n) is 7.74. The van der Waals surface area contributed by atoms with E-state index in [1.54, 1.807) is 18.2 Å². The van der Waals surface area contributed by atoms with Crippen LogP contribution in [0, 0.1) is 17.1 Å². The molecule has 2 rings (SSSR count). The maximum Gasteiger partial charge on any atom is 0.123 e. The first-order valence-corrected chi connectivity index (χ1v) is 7.74. The Morgan fingerprint density at radius 3 is 2.43 bits per heavy atom. The van der Waals surface area contributed by atoms with E-state index in [-0.39, 0.29) is 18.5 Å². The second-order valence-electron chi connectivity index (χ2n) is 5.59. The van der Waals surface area contributed by atoms with Gasteiger partial charge in [-0.1, -0.05) is 31.2 Å². The Kier molecular flexibility index (Phi) is 6.28. The number of nitriles is 1. The Morgan fingerprint density at radius 1 is 1.13 bits per heavy atom. The lowest BCUT2D eigenvalue weighted by atomic mass is 10.1. The molecule has 1 N–H and O–H groups in total. The van der Waals surface area contributed by atoms with E-state index >= 15 is 0 Å². The molecule has 0 fully saturated rings. The lowest BCUT2D eigenvalue weighted by molar-refractivity contribution is 0.107. The summed E-state index contributed by atoms with van der Waals surface area (Å²) in [7, 11) is 0. The second kappa shape index (κ2) is 8.42. The average molecular weight is 312 g/mol. The summed E-state index contributed by atoms with van der Waals surface area (Å²) >= 11 is 0. The lowest BCUT2D eigenvalue weighted by Crippen LogP contribution is -2.36. The number of halogens is 1. The third-order valence-electron chi connectivity index (χ3n) is 3.94. The van der Waals surface area contributed by atoms with Crippen LogP contribution in [-0.2, 0) is 13.1 Å². The fourth-order valence-electron chi connectivity index (χ4n) is 2.61. The van der Waals surface area contributed by atoms with Gasteiger partial charge in [-0.2, -0.15) is 5.26 Å². The van der Waals surface area contributed by atoms with Crippen molar-refractivity contribution in [2.45, 2.75) is 32.5 Å². The number of hydrogen-bond donors (Lipinski definition) is 1. The zero-order valence-electron chi connectivity index (χ0n) is 13.2. The van der Waals surface area contributed by atoms with Crippen LogP contribution in [0.15, 0.2) is 48.5 Å². The summed E-state index contributed by atoms with van der Waals surface area (Å²) in [5.74, 6) is -0.253. The summed E-state index contributed by atoms with van der Waals surface area (Å²) in [6.45, 7) is 3.35. The highest BCUT2D eigenvalue weighted by atomic mass is 19.1. The number of aliphatic hydroxyl groups excluding tert-OH is 1. The van der Waals surface area contributed by atoms with Gasteiger partial charge in [-0.15, -0.1) is 0 Å². The Morgan fingerprint density at radius 2 is 1.83 bits per heavy atom. The highest BCUT2D eigenvalue weighted by molar-refractivity contribution is 5.32. The predicted octanol–water partition coefficient (Wildman–Crippen LogP) is 3.47. The van der Waals surface area contributed by atoms with E-state index < -0.39 is 0 Å². The summed E-state index contributed by atoms with van der Waals surface area (Å²) in [4.78, 5) is 2.16. The van der Waals surface area contributed by atoms with Crippen molar-refractivity contribution in [3.63, 3.8) is 0 Å². The molecule has 2 aromatic carbocycles. The molecule has 0 spiro atoms. The lowest BCUT2D eigenvalue weighted by Gasteiger charge is -2.30. The number of benzene rings is 2. The first-order chi connectivity index (χ1) is 11.2. The van der Waals surface area contributed by atoms with Gasteiger partial charge >= 0.3 is 0 Å². The van der Waals surface area contributed by atoms with E-state index in [0.717, 1.165) is 17.5 Å². The van der Waals surface area contributed by atoms with E-state index in [4.69, 9.17) is 5.26 Å². The van der Waals surface area contributed by atoms with Gasteiger partial charge in [0.15, 0.2) is 0 Å². The summed E-state index contributed by atoms with van der Waals surface area (Å²) in [5.41, 5.74) is 2.65. The number of aliphatic hydroxyl groups is 1. The molecule has 0 bridgehead atoms. The number of rotatable bonds is 7. The van der Waals surface area contributed by atoms with Gasteiger partial charge in [0.05, 0.1) is 18.2 Å².